The van der Waals surface area contributed by atoms with Gasteiger partial charge in [-0.15, -0.1) is 0 Å². The SMILES string of the molecule is Cc1cccc(C(=O)N[C@H](C)c2ccc3c(c2)OCO3)c1. The van der Waals surface area contributed by atoms with Gasteiger partial charge in [-0.25, -0.2) is 0 Å². The van der Waals surface area contributed by atoms with Crippen molar-refractivity contribution >= 4 is 5.91 Å². The summed E-state index contributed by atoms with van der Waals surface area (Å²) in [4.78, 5) is 12.2. The largest absolute Gasteiger partial charge is 0.454 e. The van der Waals surface area contributed by atoms with E-state index >= 15 is 0 Å². The summed E-state index contributed by atoms with van der Waals surface area (Å²) in [5.74, 6) is 1.39. The summed E-state index contributed by atoms with van der Waals surface area (Å²) >= 11 is 0. The second kappa shape index (κ2) is 5.48. The zero-order valence-corrected chi connectivity index (χ0v) is 12.1. The van der Waals surface area contributed by atoms with E-state index in [-0.39, 0.29) is 18.7 Å². The molecule has 0 spiro atoms. The number of hydrogen-bond acceptors (Lipinski definition) is 3. The minimum absolute atomic E-state index is 0.0798. The van der Waals surface area contributed by atoms with Crippen LogP contribution in [-0.2, 0) is 0 Å². The third kappa shape index (κ3) is 2.84. The van der Waals surface area contributed by atoms with E-state index in [2.05, 4.69) is 5.32 Å². The van der Waals surface area contributed by atoms with Crippen molar-refractivity contribution in [2.75, 3.05) is 6.79 Å². The standard InChI is InChI=1S/C17H17NO3/c1-11-4-3-5-14(8-11)17(19)18-12(2)13-6-7-15-16(9-13)21-10-20-15/h3-9,12H,10H2,1-2H3,(H,18,19)/t12-/m1/s1. The lowest BCUT2D eigenvalue weighted by atomic mass is 10.1. The van der Waals surface area contributed by atoms with Gasteiger partial charge in [0.25, 0.3) is 5.91 Å². The monoisotopic (exact) mass is 283 g/mol. The van der Waals surface area contributed by atoms with Crippen LogP contribution in [0, 0.1) is 6.92 Å². The third-order valence-electron chi connectivity index (χ3n) is 3.52. The normalized spacial score (nSPS) is 13.8. The average molecular weight is 283 g/mol. The highest BCUT2D eigenvalue weighted by molar-refractivity contribution is 5.94. The molecule has 1 amide bonds. The highest BCUT2D eigenvalue weighted by atomic mass is 16.7. The second-order valence-corrected chi connectivity index (χ2v) is 5.18. The number of rotatable bonds is 3. The molecule has 0 saturated heterocycles. The lowest BCUT2D eigenvalue weighted by Gasteiger charge is -2.15. The van der Waals surface area contributed by atoms with E-state index < -0.39 is 0 Å². The van der Waals surface area contributed by atoms with Gasteiger partial charge in [0.2, 0.25) is 6.79 Å². The Morgan fingerprint density at radius 3 is 2.76 bits per heavy atom. The van der Waals surface area contributed by atoms with Crippen molar-refractivity contribution in [3.05, 3.63) is 59.2 Å². The number of benzene rings is 2. The van der Waals surface area contributed by atoms with E-state index in [1.165, 1.54) is 0 Å². The number of carbonyl (C=O) groups is 1. The van der Waals surface area contributed by atoms with Gasteiger partial charge in [0.05, 0.1) is 6.04 Å². The zero-order valence-electron chi connectivity index (χ0n) is 12.1. The molecule has 1 heterocycles. The van der Waals surface area contributed by atoms with Gasteiger partial charge >= 0.3 is 0 Å². The van der Waals surface area contributed by atoms with Gasteiger partial charge in [-0.05, 0) is 43.7 Å². The first-order valence-corrected chi connectivity index (χ1v) is 6.90. The molecule has 108 valence electrons. The molecule has 0 aliphatic carbocycles. The topological polar surface area (TPSA) is 47.6 Å². The number of amides is 1. The van der Waals surface area contributed by atoms with Crippen molar-refractivity contribution < 1.29 is 14.3 Å². The highest BCUT2D eigenvalue weighted by Crippen LogP contribution is 2.34. The van der Waals surface area contributed by atoms with Gasteiger partial charge in [0.15, 0.2) is 11.5 Å². The maximum Gasteiger partial charge on any atom is 0.251 e. The van der Waals surface area contributed by atoms with Crippen LogP contribution < -0.4 is 14.8 Å². The minimum Gasteiger partial charge on any atom is -0.454 e. The number of ether oxygens (including phenoxy) is 2. The smallest absolute Gasteiger partial charge is 0.251 e. The molecule has 1 atom stereocenters. The summed E-state index contributed by atoms with van der Waals surface area (Å²) in [6.45, 7) is 4.17. The number of hydrogen-bond donors (Lipinski definition) is 1. The summed E-state index contributed by atoms with van der Waals surface area (Å²) in [5.41, 5.74) is 2.72. The molecule has 2 aromatic rings. The summed E-state index contributed by atoms with van der Waals surface area (Å²) in [5, 5.41) is 3.00. The Bertz CT molecular complexity index is 681. The highest BCUT2D eigenvalue weighted by Gasteiger charge is 2.17. The molecular formula is C17H17NO3. The second-order valence-electron chi connectivity index (χ2n) is 5.18. The summed E-state index contributed by atoms with van der Waals surface area (Å²) < 4.78 is 10.6. The Hall–Kier alpha value is -2.49. The molecule has 1 N–H and O–H groups in total. The molecule has 0 unspecified atom stereocenters. The summed E-state index contributed by atoms with van der Waals surface area (Å²) in [7, 11) is 0. The molecule has 0 fully saturated rings. The third-order valence-corrected chi connectivity index (χ3v) is 3.52. The lowest BCUT2D eigenvalue weighted by molar-refractivity contribution is 0.0939. The number of fused-ring (bicyclic) bond motifs is 1. The molecule has 2 aromatic carbocycles. The van der Waals surface area contributed by atoms with Gasteiger partial charge in [0.1, 0.15) is 0 Å². The minimum atomic E-state index is -0.104. The lowest BCUT2D eigenvalue weighted by Crippen LogP contribution is -2.26. The van der Waals surface area contributed by atoms with Crippen LogP contribution in [-0.4, -0.2) is 12.7 Å². The van der Waals surface area contributed by atoms with Crippen molar-refractivity contribution in [1.29, 1.82) is 0 Å². The molecule has 0 bridgehead atoms. The Morgan fingerprint density at radius 1 is 1.14 bits per heavy atom. The summed E-state index contributed by atoms with van der Waals surface area (Å²) in [6, 6.07) is 13.2. The Kier molecular flexibility index (Phi) is 3.52. The van der Waals surface area contributed by atoms with E-state index in [1.54, 1.807) is 0 Å². The predicted molar refractivity (Wildman–Crippen MR) is 79.6 cm³/mol. The van der Waals surface area contributed by atoms with Gasteiger partial charge in [-0.3, -0.25) is 4.79 Å². The van der Waals surface area contributed by atoms with Crippen LogP contribution in [0.1, 0.15) is 34.5 Å². The molecule has 0 saturated carbocycles. The first-order valence-electron chi connectivity index (χ1n) is 6.90. The zero-order chi connectivity index (χ0) is 14.8. The van der Waals surface area contributed by atoms with Gasteiger partial charge in [-0.2, -0.15) is 0 Å². The Balaban J connectivity index is 1.74. The maximum absolute atomic E-state index is 12.2. The molecule has 0 radical (unpaired) electrons. The number of carbonyl (C=O) groups excluding carboxylic acids is 1. The molecule has 3 rings (SSSR count). The first-order chi connectivity index (χ1) is 10.1. The van der Waals surface area contributed by atoms with Crippen LogP contribution in [0.4, 0.5) is 0 Å². The molecule has 0 aromatic heterocycles. The van der Waals surface area contributed by atoms with E-state index in [4.69, 9.17) is 9.47 Å². The average Bonchev–Trinajstić information content (AvgIpc) is 2.94. The number of aryl methyl sites for hydroxylation is 1. The number of nitrogens with one attached hydrogen (secondary N) is 1. The van der Waals surface area contributed by atoms with Crippen LogP contribution >= 0.6 is 0 Å². The van der Waals surface area contributed by atoms with E-state index in [0.717, 1.165) is 22.6 Å². The quantitative estimate of drug-likeness (QED) is 0.941. The van der Waals surface area contributed by atoms with Crippen LogP contribution in [0.2, 0.25) is 0 Å². The van der Waals surface area contributed by atoms with E-state index in [9.17, 15) is 4.79 Å². The van der Waals surface area contributed by atoms with Crippen molar-refractivity contribution in [1.82, 2.24) is 5.32 Å². The Morgan fingerprint density at radius 2 is 1.95 bits per heavy atom. The van der Waals surface area contributed by atoms with Crippen LogP contribution in [0.15, 0.2) is 42.5 Å². The van der Waals surface area contributed by atoms with Crippen LogP contribution in [0.3, 0.4) is 0 Å². The predicted octanol–water partition coefficient (Wildman–Crippen LogP) is 3.21. The maximum atomic E-state index is 12.2. The van der Waals surface area contributed by atoms with E-state index in [0.29, 0.717) is 5.56 Å². The molecule has 1 aliphatic rings. The molecule has 4 heteroatoms. The van der Waals surface area contributed by atoms with Gasteiger partial charge in [0, 0.05) is 5.56 Å². The van der Waals surface area contributed by atoms with E-state index in [1.807, 2.05) is 56.3 Å². The fourth-order valence-electron chi connectivity index (χ4n) is 2.33. The fourth-order valence-corrected chi connectivity index (χ4v) is 2.33. The first kappa shape index (κ1) is 13.5. The molecular weight excluding hydrogens is 266 g/mol. The molecule has 4 nitrogen and oxygen atoms in total. The van der Waals surface area contributed by atoms with Gasteiger partial charge < -0.3 is 14.8 Å². The van der Waals surface area contributed by atoms with Crippen LogP contribution in [0.5, 0.6) is 11.5 Å². The van der Waals surface area contributed by atoms with Gasteiger partial charge in [-0.1, -0.05) is 23.8 Å². The van der Waals surface area contributed by atoms with Crippen molar-refractivity contribution in [2.24, 2.45) is 0 Å². The molecule has 21 heavy (non-hydrogen) atoms. The Labute approximate surface area is 123 Å². The van der Waals surface area contributed by atoms with Crippen molar-refractivity contribution in [2.45, 2.75) is 19.9 Å². The van der Waals surface area contributed by atoms with Crippen LogP contribution in [0.25, 0.3) is 0 Å². The summed E-state index contributed by atoms with van der Waals surface area (Å²) in [6.07, 6.45) is 0. The van der Waals surface area contributed by atoms with Crippen molar-refractivity contribution in [3.63, 3.8) is 0 Å². The fraction of sp³-hybridized carbons (Fsp3) is 0.235. The molecule has 1 aliphatic heterocycles. The van der Waals surface area contributed by atoms with Crippen molar-refractivity contribution in [3.8, 4) is 11.5 Å².